The molecular weight excluding hydrogens is 369 g/mol. The molecular formula is C22H30FN5O. The van der Waals surface area contributed by atoms with Crippen LogP contribution in [-0.4, -0.2) is 53.6 Å². The van der Waals surface area contributed by atoms with Crippen molar-refractivity contribution in [1.82, 2.24) is 20.2 Å². The van der Waals surface area contributed by atoms with E-state index in [2.05, 4.69) is 22.1 Å². The summed E-state index contributed by atoms with van der Waals surface area (Å²) in [5.41, 5.74) is 2.83. The summed E-state index contributed by atoms with van der Waals surface area (Å²) in [6, 6.07) is 6.66. The molecule has 1 N–H and O–H groups in total. The molecule has 3 rings (SSSR count). The fraction of sp³-hybridized carbons (Fsp3) is 0.500. The van der Waals surface area contributed by atoms with E-state index in [0.29, 0.717) is 32.6 Å². The summed E-state index contributed by atoms with van der Waals surface area (Å²) in [4.78, 5) is 25.6. The van der Waals surface area contributed by atoms with Crippen LogP contribution in [0.15, 0.2) is 24.3 Å². The van der Waals surface area contributed by atoms with Gasteiger partial charge in [-0.15, -0.1) is 0 Å². The average molecular weight is 400 g/mol. The number of carbonyl (C=O) groups excluding carboxylic acids is 1. The number of urea groups is 1. The van der Waals surface area contributed by atoms with Gasteiger partial charge in [-0.05, 0) is 38.0 Å². The van der Waals surface area contributed by atoms with E-state index in [4.69, 9.17) is 4.98 Å². The number of benzene rings is 1. The minimum atomic E-state index is -0.238. The zero-order valence-corrected chi connectivity index (χ0v) is 17.5. The Kier molecular flexibility index (Phi) is 7.01. The Labute approximate surface area is 172 Å². The summed E-state index contributed by atoms with van der Waals surface area (Å²) < 4.78 is 13.6. The molecule has 1 aromatic heterocycles. The number of hydrogen-bond acceptors (Lipinski definition) is 4. The van der Waals surface area contributed by atoms with Gasteiger partial charge in [-0.1, -0.05) is 25.5 Å². The molecule has 2 heterocycles. The number of aromatic nitrogens is 2. The molecule has 0 aliphatic carbocycles. The van der Waals surface area contributed by atoms with Crippen molar-refractivity contribution >= 4 is 11.8 Å². The van der Waals surface area contributed by atoms with Crippen LogP contribution in [0.3, 0.4) is 0 Å². The molecule has 156 valence electrons. The van der Waals surface area contributed by atoms with E-state index in [-0.39, 0.29) is 11.8 Å². The molecule has 29 heavy (non-hydrogen) atoms. The van der Waals surface area contributed by atoms with E-state index in [9.17, 15) is 9.18 Å². The minimum absolute atomic E-state index is 0.00753. The van der Waals surface area contributed by atoms with Crippen molar-refractivity contribution in [1.29, 1.82) is 0 Å². The molecule has 1 aliphatic heterocycles. The lowest BCUT2D eigenvalue weighted by atomic mass is 10.0. The third-order valence-electron chi connectivity index (χ3n) is 5.25. The Bertz CT molecular complexity index is 849. The number of unbranched alkanes of at least 4 members (excludes halogenated alkanes) is 1. The standard InChI is InChI=1S/C22H30FN5O/c1-4-5-9-24-22(29)28-12-10-27(11-13-28)21-20(16(2)25-17(3)26-21)15-18-7-6-8-19(23)14-18/h6-8,14H,4-5,9-13,15H2,1-3H3,(H,24,29). The molecule has 1 fully saturated rings. The van der Waals surface area contributed by atoms with Crippen LogP contribution in [0, 0.1) is 19.7 Å². The highest BCUT2D eigenvalue weighted by Gasteiger charge is 2.24. The van der Waals surface area contributed by atoms with Crippen LogP contribution in [0.5, 0.6) is 0 Å². The number of halogens is 1. The quantitative estimate of drug-likeness (QED) is 0.756. The number of nitrogens with zero attached hydrogens (tertiary/aromatic N) is 4. The second-order valence-corrected chi connectivity index (χ2v) is 7.52. The van der Waals surface area contributed by atoms with E-state index in [1.165, 1.54) is 6.07 Å². The van der Waals surface area contributed by atoms with Gasteiger partial charge in [0, 0.05) is 50.4 Å². The molecule has 1 aliphatic rings. The number of amides is 2. The molecule has 1 aromatic carbocycles. The molecule has 2 amide bonds. The molecule has 0 unspecified atom stereocenters. The third kappa shape index (κ3) is 5.43. The van der Waals surface area contributed by atoms with Crippen LogP contribution in [-0.2, 0) is 6.42 Å². The van der Waals surface area contributed by atoms with Crippen LogP contribution in [0.25, 0.3) is 0 Å². The van der Waals surface area contributed by atoms with E-state index in [0.717, 1.165) is 47.8 Å². The van der Waals surface area contributed by atoms with Gasteiger partial charge in [-0.2, -0.15) is 0 Å². The fourth-order valence-corrected chi connectivity index (χ4v) is 3.64. The number of aryl methyl sites for hydroxylation is 2. The maximum Gasteiger partial charge on any atom is 0.317 e. The van der Waals surface area contributed by atoms with Gasteiger partial charge >= 0.3 is 6.03 Å². The maximum atomic E-state index is 13.6. The Morgan fingerprint density at radius 3 is 2.62 bits per heavy atom. The van der Waals surface area contributed by atoms with Crippen molar-refractivity contribution < 1.29 is 9.18 Å². The lowest BCUT2D eigenvalue weighted by Crippen LogP contribution is -2.52. The first-order valence-electron chi connectivity index (χ1n) is 10.3. The van der Waals surface area contributed by atoms with Crippen LogP contribution in [0.2, 0.25) is 0 Å². The normalized spacial score (nSPS) is 14.2. The van der Waals surface area contributed by atoms with Gasteiger partial charge in [0.1, 0.15) is 17.5 Å². The van der Waals surface area contributed by atoms with Gasteiger partial charge in [-0.25, -0.2) is 19.2 Å². The monoisotopic (exact) mass is 399 g/mol. The van der Waals surface area contributed by atoms with Crippen molar-refractivity contribution in [2.24, 2.45) is 0 Å². The van der Waals surface area contributed by atoms with Crippen LogP contribution >= 0.6 is 0 Å². The second kappa shape index (κ2) is 9.67. The average Bonchev–Trinajstić information content (AvgIpc) is 2.70. The van der Waals surface area contributed by atoms with Crippen molar-refractivity contribution in [2.75, 3.05) is 37.6 Å². The summed E-state index contributed by atoms with van der Waals surface area (Å²) in [6.07, 6.45) is 2.64. The Morgan fingerprint density at radius 2 is 1.93 bits per heavy atom. The molecule has 2 aromatic rings. The number of piperazine rings is 1. The summed E-state index contributed by atoms with van der Waals surface area (Å²) in [7, 11) is 0. The van der Waals surface area contributed by atoms with Crippen molar-refractivity contribution in [3.63, 3.8) is 0 Å². The molecule has 7 heteroatoms. The van der Waals surface area contributed by atoms with Crippen molar-refractivity contribution in [3.05, 3.63) is 52.7 Å². The largest absolute Gasteiger partial charge is 0.353 e. The SMILES string of the molecule is CCCCNC(=O)N1CCN(c2nc(C)nc(C)c2Cc2cccc(F)c2)CC1. The topological polar surface area (TPSA) is 61.4 Å². The summed E-state index contributed by atoms with van der Waals surface area (Å²) in [5.74, 6) is 1.38. The highest BCUT2D eigenvalue weighted by atomic mass is 19.1. The fourth-order valence-electron chi connectivity index (χ4n) is 3.64. The van der Waals surface area contributed by atoms with Gasteiger partial charge in [0.25, 0.3) is 0 Å². The van der Waals surface area contributed by atoms with Gasteiger partial charge in [0.2, 0.25) is 0 Å². The van der Waals surface area contributed by atoms with Gasteiger partial charge in [-0.3, -0.25) is 0 Å². The Hall–Kier alpha value is -2.70. The zero-order valence-electron chi connectivity index (χ0n) is 17.5. The molecule has 0 saturated carbocycles. The van der Waals surface area contributed by atoms with Crippen molar-refractivity contribution in [3.8, 4) is 0 Å². The third-order valence-corrected chi connectivity index (χ3v) is 5.25. The highest BCUT2D eigenvalue weighted by molar-refractivity contribution is 5.74. The molecule has 0 atom stereocenters. The molecule has 1 saturated heterocycles. The molecule has 6 nitrogen and oxygen atoms in total. The number of anilines is 1. The van der Waals surface area contributed by atoms with E-state index >= 15 is 0 Å². The smallest absolute Gasteiger partial charge is 0.317 e. The van der Waals surface area contributed by atoms with E-state index < -0.39 is 0 Å². The molecule has 0 radical (unpaired) electrons. The Balaban J connectivity index is 1.73. The van der Waals surface area contributed by atoms with Crippen LogP contribution in [0.4, 0.5) is 15.0 Å². The van der Waals surface area contributed by atoms with Gasteiger partial charge in [0.15, 0.2) is 0 Å². The maximum absolute atomic E-state index is 13.6. The highest BCUT2D eigenvalue weighted by Crippen LogP contribution is 2.25. The molecule has 0 bridgehead atoms. The first-order chi connectivity index (χ1) is 14.0. The first-order valence-corrected chi connectivity index (χ1v) is 10.3. The number of hydrogen-bond donors (Lipinski definition) is 1. The number of rotatable bonds is 6. The zero-order chi connectivity index (χ0) is 20.8. The Morgan fingerprint density at radius 1 is 1.17 bits per heavy atom. The predicted octanol–water partition coefficient (Wildman–Crippen LogP) is 3.46. The lowest BCUT2D eigenvalue weighted by molar-refractivity contribution is 0.194. The summed E-state index contributed by atoms with van der Waals surface area (Å²) in [6.45, 7) is 9.43. The lowest BCUT2D eigenvalue weighted by Gasteiger charge is -2.36. The van der Waals surface area contributed by atoms with Gasteiger partial charge in [0.05, 0.1) is 0 Å². The number of nitrogens with one attached hydrogen (secondary N) is 1. The summed E-state index contributed by atoms with van der Waals surface area (Å²) in [5, 5.41) is 2.98. The first kappa shape index (κ1) is 21.0. The van der Waals surface area contributed by atoms with E-state index in [1.807, 2.05) is 24.8 Å². The molecule has 0 spiro atoms. The number of carbonyl (C=O) groups is 1. The predicted molar refractivity (Wildman–Crippen MR) is 113 cm³/mol. The van der Waals surface area contributed by atoms with Crippen LogP contribution in [0.1, 0.15) is 42.4 Å². The summed E-state index contributed by atoms with van der Waals surface area (Å²) >= 11 is 0. The van der Waals surface area contributed by atoms with Crippen LogP contribution < -0.4 is 10.2 Å². The second-order valence-electron chi connectivity index (χ2n) is 7.52. The van der Waals surface area contributed by atoms with Gasteiger partial charge < -0.3 is 15.1 Å². The minimum Gasteiger partial charge on any atom is -0.353 e. The van der Waals surface area contributed by atoms with Crippen molar-refractivity contribution in [2.45, 2.75) is 40.0 Å². The van der Waals surface area contributed by atoms with E-state index in [1.54, 1.807) is 12.1 Å².